The van der Waals surface area contributed by atoms with Gasteiger partial charge in [0.1, 0.15) is 5.75 Å². The maximum atomic E-state index is 5.93. The van der Waals surface area contributed by atoms with Gasteiger partial charge in [-0.05, 0) is 51.1 Å². The van der Waals surface area contributed by atoms with Crippen LogP contribution in [-0.4, -0.2) is 20.2 Å². The summed E-state index contributed by atoms with van der Waals surface area (Å²) in [5, 5.41) is 3.89. The first-order chi connectivity index (χ1) is 8.24. The van der Waals surface area contributed by atoms with Crippen molar-refractivity contribution in [1.82, 2.24) is 5.32 Å². The quantitative estimate of drug-likeness (QED) is 0.714. The molecule has 0 aromatic heterocycles. The third kappa shape index (κ3) is 5.94. The van der Waals surface area contributed by atoms with Gasteiger partial charge in [-0.15, -0.1) is 0 Å². The van der Waals surface area contributed by atoms with Crippen LogP contribution < -0.4 is 10.1 Å². The highest BCUT2D eigenvalue weighted by molar-refractivity contribution is 6.30. The van der Waals surface area contributed by atoms with Gasteiger partial charge < -0.3 is 10.1 Å². The van der Waals surface area contributed by atoms with E-state index in [2.05, 4.69) is 5.32 Å². The summed E-state index contributed by atoms with van der Waals surface area (Å²) in [5.41, 5.74) is 1.14. The molecule has 0 saturated carbocycles. The smallest absolute Gasteiger partial charge is 0.123 e. The van der Waals surface area contributed by atoms with Crippen LogP contribution in [0.3, 0.4) is 0 Å². The molecule has 0 saturated heterocycles. The Morgan fingerprint density at radius 2 is 1.94 bits per heavy atom. The minimum absolute atomic E-state index is 0.736. The van der Waals surface area contributed by atoms with Crippen LogP contribution in [0.1, 0.15) is 31.2 Å². The number of halogens is 1. The van der Waals surface area contributed by atoms with Gasteiger partial charge in [0, 0.05) is 5.02 Å². The minimum Gasteiger partial charge on any atom is -0.493 e. The first-order valence-corrected chi connectivity index (χ1v) is 6.65. The number of rotatable bonds is 8. The fourth-order valence-corrected chi connectivity index (χ4v) is 1.83. The van der Waals surface area contributed by atoms with Crippen molar-refractivity contribution < 1.29 is 4.74 Å². The Labute approximate surface area is 109 Å². The molecule has 0 heterocycles. The molecular formula is C14H22ClNO. The van der Waals surface area contributed by atoms with Crippen LogP contribution >= 0.6 is 11.6 Å². The standard InChI is InChI=1S/C14H22ClNO/c1-12-7-8-13(15)11-14(12)17-10-6-4-3-5-9-16-2/h7-8,11,16H,3-6,9-10H2,1-2H3. The summed E-state index contributed by atoms with van der Waals surface area (Å²) in [5.74, 6) is 0.910. The van der Waals surface area contributed by atoms with Crippen molar-refractivity contribution in [2.24, 2.45) is 0 Å². The van der Waals surface area contributed by atoms with E-state index >= 15 is 0 Å². The summed E-state index contributed by atoms with van der Waals surface area (Å²) in [7, 11) is 1.99. The largest absolute Gasteiger partial charge is 0.493 e. The molecule has 0 aliphatic carbocycles. The lowest BCUT2D eigenvalue weighted by Crippen LogP contribution is -2.07. The highest BCUT2D eigenvalue weighted by Gasteiger charge is 2.00. The third-order valence-corrected chi connectivity index (χ3v) is 2.96. The Morgan fingerprint density at radius 1 is 1.18 bits per heavy atom. The molecule has 0 atom stereocenters. The third-order valence-electron chi connectivity index (χ3n) is 2.73. The zero-order chi connectivity index (χ0) is 12.5. The zero-order valence-corrected chi connectivity index (χ0v) is 11.5. The van der Waals surface area contributed by atoms with E-state index in [0.717, 1.165) is 35.9 Å². The molecule has 1 aromatic carbocycles. The van der Waals surface area contributed by atoms with Crippen molar-refractivity contribution in [2.75, 3.05) is 20.2 Å². The highest BCUT2D eigenvalue weighted by Crippen LogP contribution is 2.22. The second-order valence-corrected chi connectivity index (χ2v) is 4.71. The maximum Gasteiger partial charge on any atom is 0.123 e. The molecule has 1 N–H and O–H groups in total. The first-order valence-electron chi connectivity index (χ1n) is 6.27. The number of aryl methyl sites for hydroxylation is 1. The Balaban J connectivity index is 2.15. The Hall–Kier alpha value is -0.730. The molecule has 0 spiro atoms. The van der Waals surface area contributed by atoms with Crippen molar-refractivity contribution in [3.05, 3.63) is 28.8 Å². The molecular weight excluding hydrogens is 234 g/mol. The summed E-state index contributed by atoms with van der Waals surface area (Å²) in [4.78, 5) is 0. The molecule has 1 rings (SSSR count). The topological polar surface area (TPSA) is 21.3 Å². The van der Waals surface area contributed by atoms with E-state index in [1.165, 1.54) is 19.3 Å². The number of benzene rings is 1. The van der Waals surface area contributed by atoms with Gasteiger partial charge in [0.05, 0.1) is 6.61 Å². The lowest BCUT2D eigenvalue weighted by molar-refractivity contribution is 0.302. The number of hydrogen-bond acceptors (Lipinski definition) is 2. The minimum atomic E-state index is 0.736. The molecule has 0 aliphatic heterocycles. The summed E-state index contributed by atoms with van der Waals surface area (Å²) in [6, 6.07) is 5.77. The van der Waals surface area contributed by atoms with E-state index in [1.807, 2.05) is 32.2 Å². The molecule has 17 heavy (non-hydrogen) atoms. The maximum absolute atomic E-state index is 5.93. The Kier molecular flexibility index (Phi) is 7.06. The lowest BCUT2D eigenvalue weighted by Gasteiger charge is -2.09. The molecule has 0 amide bonds. The van der Waals surface area contributed by atoms with Crippen LogP contribution in [0.25, 0.3) is 0 Å². The second-order valence-electron chi connectivity index (χ2n) is 4.28. The van der Waals surface area contributed by atoms with Crippen molar-refractivity contribution in [1.29, 1.82) is 0 Å². The summed E-state index contributed by atoms with van der Waals surface area (Å²) in [6.07, 6.45) is 4.84. The van der Waals surface area contributed by atoms with E-state index in [9.17, 15) is 0 Å². The summed E-state index contributed by atoms with van der Waals surface area (Å²) in [6.45, 7) is 3.92. The van der Waals surface area contributed by atoms with Gasteiger partial charge in [-0.3, -0.25) is 0 Å². The zero-order valence-electron chi connectivity index (χ0n) is 10.8. The first kappa shape index (κ1) is 14.3. The summed E-state index contributed by atoms with van der Waals surface area (Å²) >= 11 is 5.93. The average Bonchev–Trinajstić information content (AvgIpc) is 2.32. The van der Waals surface area contributed by atoms with Gasteiger partial charge in [0.15, 0.2) is 0 Å². The number of ether oxygens (including phenoxy) is 1. The normalized spacial score (nSPS) is 10.5. The summed E-state index contributed by atoms with van der Waals surface area (Å²) < 4.78 is 5.72. The fraction of sp³-hybridized carbons (Fsp3) is 0.571. The molecule has 1 aromatic rings. The highest BCUT2D eigenvalue weighted by atomic mass is 35.5. The monoisotopic (exact) mass is 255 g/mol. The van der Waals surface area contributed by atoms with Gasteiger partial charge >= 0.3 is 0 Å². The van der Waals surface area contributed by atoms with Crippen molar-refractivity contribution in [2.45, 2.75) is 32.6 Å². The number of nitrogens with one attached hydrogen (secondary N) is 1. The van der Waals surface area contributed by atoms with Crippen molar-refractivity contribution >= 4 is 11.6 Å². The molecule has 0 fully saturated rings. The Morgan fingerprint density at radius 3 is 2.71 bits per heavy atom. The van der Waals surface area contributed by atoms with Crippen LogP contribution in [-0.2, 0) is 0 Å². The SMILES string of the molecule is CNCCCCCCOc1cc(Cl)ccc1C. The van der Waals surface area contributed by atoms with Gasteiger partial charge in [0.25, 0.3) is 0 Å². The second kappa shape index (κ2) is 8.37. The molecule has 0 aliphatic rings. The fourth-order valence-electron chi connectivity index (χ4n) is 1.67. The van der Waals surface area contributed by atoms with Crippen LogP contribution in [0.4, 0.5) is 0 Å². The van der Waals surface area contributed by atoms with Crippen molar-refractivity contribution in [3.8, 4) is 5.75 Å². The molecule has 0 radical (unpaired) electrons. The Bertz CT molecular complexity index is 328. The van der Waals surface area contributed by atoms with Gasteiger partial charge in [-0.1, -0.05) is 30.5 Å². The van der Waals surface area contributed by atoms with Crippen LogP contribution in [0, 0.1) is 6.92 Å². The van der Waals surface area contributed by atoms with Crippen LogP contribution in [0.5, 0.6) is 5.75 Å². The van der Waals surface area contributed by atoms with E-state index in [0.29, 0.717) is 0 Å². The van der Waals surface area contributed by atoms with Crippen molar-refractivity contribution in [3.63, 3.8) is 0 Å². The average molecular weight is 256 g/mol. The molecule has 0 unspecified atom stereocenters. The predicted octanol–water partition coefficient (Wildman–Crippen LogP) is 3.81. The van der Waals surface area contributed by atoms with Crippen LogP contribution in [0.15, 0.2) is 18.2 Å². The van der Waals surface area contributed by atoms with E-state index < -0.39 is 0 Å². The lowest BCUT2D eigenvalue weighted by atomic mass is 10.2. The van der Waals surface area contributed by atoms with Crippen LogP contribution in [0.2, 0.25) is 5.02 Å². The van der Waals surface area contributed by atoms with Gasteiger partial charge in [0.2, 0.25) is 0 Å². The molecule has 2 nitrogen and oxygen atoms in total. The number of hydrogen-bond donors (Lipinski definition) is 1. The van der Waals surface area contributed by atoms with Gasteiger partial charge in [-0.2, -0.15) is 0 Å². The molecule has 0 bridgehead atoms. The van der Waals surface area contributed by atoms with E-state index in [1.54, 1.807) is 0 Å². The van der Waals surface area contributed by atoms with Gasteiger partial charge in [-0.25, -0.2) is 0 Å². The predicted molar refractivity (Wildman–Crippen MR) is 74.1 cm³/mol. The van der Waals surface area contributed by atoms with E-state index in [-0.39, 0.29) is 0 Å². The van der Waals surface area contributed by atoms with E-state index in [4.69, 9.17) is 16.3 Å². The molecule has 3 heteroatoms. The molecule has 96 valence electrons. The number of unbranched alkanes of at least 4 members (excludes halogenated alkanes) is 3.